The van der Waals surface area contributed by atoms with E-state index in [1.165, 1.54) is 12.0 Å². The molecule has 1 aromatic heterocycles. The van der Waals surface area contributed by atoms with Gasteiger partial charge in [-0.2, -0.15) is 0 Å². The summed E-state index contributed by atoms with van der Waals surface area (Å²) in [4.78, 5) is 14.2. The second-order valence-electron chi connectivity index (χ2n) is 4.22. The molecule has 0 aliphatic heterocycles. The van der Waals surface area contributed by atoms with Crippen LogP contribution in [0.25, 0.3) is 0 Å². The van der Waals surface area contributed by atoms with Gasteiger partial charge in [0.1, 0.15) is 17.9 Å². The minimum absolute atomic E-state index is 0.280. The molecule has 0 aliphatic rings. The fraction of sp³-hybridized carbons (Fsp3) is 0.267. The van der Waals surface area contributed by atoms with Crippen LogP contribution in [0.5, 0.6) is 5.75 Å². The average molecular weight is 291 g/mol. The van der Waals surface area contributed by atoms with Crippen LogP contribution in [-0.4, -0.2) is 13.1 Å². The molecule has 1 aromatic carbocycles. The van der Waals surface area contributed by atoms with E-state index >= 15 is 0 Å². The summed E-state index contributed by atoms with van der Waals surface area (Å²) in [7, 11) is 1.32. The normalized spacial score (nSPS) is 10.3. The summed E-state index contributed by atoms with van der Waals surface area (Å²) in [6.07, 6.45) is 1.01. The highest BCUT2D eigenvalue weighted by Crippen LogP contribution is 2.27. The number of benzene rings is 1. The summed E-state index contributed by atoms with van der Waals surface area (Å²) in [5.74, 6) is -0.0400. The number of nitrogens with two attached hydrogens (primary N) is 1. The molecule has 2 rings (SSSR count). The van der Waals surface area contributed by atoms with Crippen molar-refractivity contribution in [3.8, 4) is 5.75 Å². The smallest absolute Gasteiger partial charge is 0.343 e. The van der Waals surface area contributed by atoms with Crippen molar-refractivity contribution in [3.63, 3.8) is 0 Å². The van der Waals surface area contributed by atoms with Gasteiger partial charge in [-0.1, -0.05) is 13.0 Å². The summed E-state index contributed by atoms with van der Waals surface area (Å²) in [5, 5.41) is 0. The number of anilines is 1. The van der Waals surface area contributed by atoms with Gasteiger partial charge in [0.25, 0.3) is 0 Å². The van der Waals surface area contributed by atoms with Crippen LogP contribution in [0, 0.1) is 0 Å². The lowest BCUT2D eigenvalue weighted by Gasteiger charge is -2.11. The predicted octanol–water partition coefficient (Wildman–Crippen LogP) is 3.26. The molecule has 2 N–H and O–H groups in total. The van der Waals surface area contributed by atoms with E-state index in [0.29, 0.717) is 18.0 Å². The summed E-state index contributed by atoms with van der Waals surface area (Å²) in [5.41, 5.74) is 6.45. The molecule has 2 aromatic rings. The number of ether oxygens (including phenoxy) is 2. The molecule has 20 heavy (non-hydrogen) atoms. The largest absolute Gasteiger partial charge is 0.487 e. The zero-order valence-electron chi connectivity index (χ0n) is 11.5. The third-order valence-electron chi connectivity index (χ3n) is 2.88. The number of thiophene rings is 1. The summed E-state index contributed by atoms with van der Waals surface area (Å²) in [6, 6.07) is 9.25. The fourth-order valence-corrected chi connectivity index (χ4v) is 2.70. The number of aryl methyl sites for hydroxylation is 1. The highest BCUT2D eigenvalue weighted by molar-refractivity contribution is 7.11. The molecule has 0 radical (unpaired) electrons. The standard InChI is InChI=1S/C15H17NO3S/c1-3-10-7-8-11(20-10)9-19-13-6-4-5-12(16)14(13)15(17)18-2/h4-8H,3,9,16H2,1-2H3. The maximum atomic E-state index is 11.7. The Labute approximate surface area is 122 Å². The molecule has 106 valence electrons. The molecular formula is C15H17NO3S. The van der Waals surface area contributed by atoms with Gasteiger partial charge >= 0.3 is 5.97 Å². The quantitative estimate of drug-likeness (QED) is 0.678. The number of carbonyl (C=O) groups is 1. The van der Waals surface area contributed by atoms with Gasteiger partial charge in [0.15, 0.2) is 0 Å². The molecule has 0 amide bonds. The zero-order chi connectivity index (χ0) is 14.5. The number of hydrogen-bond acceptors (Lipinski definition) is 5. The first-order chi connectivity index (χ1) is 9.65. The third kappa shape index (κ3) is 3.11. The van der Waals surface area contributed by atoms with Gasteiger partial charge in [0.05, 0.1) is 7.11 Å². The van der Waals surface area contributed by atoms with Crippen molar-refractivity contribution in [1.29, 1.82) is 0 Å². The van der Waals surface area contributed by atoms with Crippen molar-refractivity contribution >= 4 is 23.0 Å². The molecule has 0 bridgehead atoms. The van der Waals surface area contributed by atoms with Gasteiger partial charge in [0, 0.05) is 15.4 Å². The minimum Gasteiger partial charge on any atom is -0.487 e. The SMILES string of the molecule is CCc1ccc(COc2cccc(N)c2C(=O)OC)s1. The van der Waals surface area contributed by atoms with Crippen molar-refractivity contribution in [3.05, 3.63) is 45.6 Å². The monoisotopic (exact) mass is 291 g/mol. The van der Waals surface area contributed by atoms with Crippen molar-refractivity contribution < 1.29 is 14.3 Å². The molecular weight excluding hydrogens is 274 g/mol. The number of hydrogen-bond donors (Lipinski definition) is 1. The van der Waals surface area contributed by atoms with Gasteiger partial charge < -0.3 is 15.2 Å². The van der Waals surface area contributed by atoms with Crippen LogP contribution in [0.15, 0.2) is 30.3 Å². The fourth-order valence-electron chi connectivity index (χ4n) is 1.83. The van der Waals surface area contributed by atoms with E-state index in [1.807, 2.05) is 6.07 Å². The highest BCUT2D eigenvalue weighted by atomic mass is 32.1. The van der Waals surface area contributed by atoms with Crippen molar-refractivity contribution in [2.24, 2.45) is 0 Å². The van der Waals surface area contributed by atoms with E-state index in [0.717, 1.165) is 11.3 Å². The van der Waals surface area contributed by atoms with E-state index in [-0.39, 0.29) is 5.56 Å². The Balaban J connectivity index is 2.16. The van der Waals surface area contributed by atoms with E-state index < -0.39 is 5.97 Å². The average Bonchev–Trinajstić information content (AvgIpc) is 2.92. The number of carbonyl (C=O) groups excluding carboxylic acids is 1. The maximum Gasteiger partial charge on any atom is 0.343 e. The topological polar surface area (TPSA) is 61.5 Å². The number of rotatable bonds is 5. The summed E-state index contributed by atoms with van der Waals surface area (Å²) in [6.45, 7) is 2.53. The van der Waals surface area contributed by atoms with Crippen LogP contribution in [0.4, 0.5) is 5.69 Å². The Bertz CT molecular complexity index is 607. The first-order valence-electron chi connectivity index (χ1n) is 6.33. The van der Waals surface area contributed by atoms with Gasteiger partial charge in [-0.15, -0.1) is 11.3 Å². The third-order valence-corrected chi connectivity index (χ3v) is 4.09. The van der Waals surface area contributed by atoms with E-state index in [1.54, 1.807) is 29.5 Å². The van der Waals surface area contributed by atoms with Crippen molar-refractivity contribution in [1.82, 2.24) is 0 Å². The summed E-state index contributed by atoms with van der Waals surface area (Å²) < 4.78 is 10.4. The molecule has 0 fully saturated rings. The lowest BCUT2D eigenvalue weighted by atomic mass is 10.1. The number of methoxy groups -OCH3 is 1. The van der Waals surface area contributed by atoms with E-state index in [4.69, 9.17) is 15.2 Å². The lowest BCUT2D eigenvalue weighted by molar-refractivity contribution is 0.0597. The molecule has 0 unspecified atom stereocenters. The Hall–Kier alpha value is -2.01. The van der Waals surface area contributed by atoms with Crippen LogP contribution in [0.1, 0.15) is 27.0 Å². The predicted molar refractivity (Wildman–Crippen MR) is 80.2 cm³/mol. The van der Waals surface area contributed by atoms with Gasteiger partial charge in [0.2, 0.25) is 0 Å². The van der Waals surface area contributed by atoms with Crippen molar-refractivity contribution in [2.45, 2.75) is 20.0 Å². The first-order valence-corrected chi connectivity index (χ1v) is 7.14. The molecule has 5 heteroatoms. The van der Waals surface area contributed by atoms with Crippen LogP contribution in [-0.2, 0) is 17.8 Å². The van der Waals surface area contributed by atoms with Gasteiger partial charge in [-0.25, -0.2) is 4.79 Å². The van der Waals surface area contributed by atoms with Crippen LogP contribution in [0.3, 0.4) is 0 Å². The molecule has 1 heterocycles. The van der Waals surface area contributed by atoms with Gasteiger partial charge in [-0.05, 0) is 30.7 Å². The second kappa shape index (κ2) is 6.43. The Morgan fingerprint density at radius 3 is 2.65 bits per heavy atom. The molecule has 0 saturated heterocycles. The second-order valence-corrected chi connectivity index (χ2v) is 5.48. The summed E-state index contributed by atoms with van der Waals surface area (Å²) >= 11 is 1.70. The van der Waals surface area contributed by atoms with E-state index in [2.05, 4.69) is 13.0 Å². The van der Waals surface area contributed by atoms with Crippen LogP contribution >= 0.6 is 11.3 Å². The van der Waals surface area contributed by atoms with Crippen LogP contribution < -0.4 is 10.5 Å². The number of nitrogen functional groups attached to an aromatic ring is 1. The van der Waals surface area contributed by atoms with E-state index in [9.17, 15) is 4.79 Å². The number of esters is 1. The molecule has 0 atom stereocenters. The van der Waals surface area contributed by atoms with Crippen LogP contribution in [0.2, 0.25) is 0 Å². The zero-order valence-corrected chi connectivity index (χ0v) is 12.3. The Morgan fingerprint density at radius 2 is 2.00 bits per heavy atom. The molecule has 0 saturated carbocycles. The molecule has 0 aliphatic carbocycles. The maximum absolute atomic E-state index is 11.7. The first kappa shape index (κ1) is 14.4. The highest BCUT2D eigenvalue weighted by Gasteiger charge is 2.16. The Morgan fingerprint density at radius 1 is 1.25 bits per heavy atom. The lowest BCUT2D eigenvalue weighted by Crippen LogP contribution is -2.08. The molecule has 0 spiro atoms. The minimum atomic E-state index is -0.487. The van der Waals surface area contributed by atoms with Crippen molar-refractivity contribution in [2.75, 3.05) is 12.8 Å². The molecule has 4 nitrogen and oxygen atoms in total. The Kier molecular flexibility index (Phi) is 4.63. The van der Waals surface area contributed by atoms with Gasteiger partial charge in [-0.3, -0.25) is 0 Å².